The molecule has 102 valence electrons. The topological polar surface area (TPSA) is 102 Å². The fraction of sp³-hybridized carbons (Fsp3) is 0.417. The summed E-state index contributed by atoms with van der Waals surface area (Å²) in [6, 6.07) is 6.24. The number of rotatable bonds is 5. The first kappa shape index (κ1) is 15.4. The summed E-state index contributed by atoms with van der Waals surface area (Å²) in [7, 11) is 0. The number of nitrogens with zero attached hydrogens (tertiary/aromatic N) is 2. The molecule has 19 heavy (non-hydrogen) atoms. The van der Waals surface area contributed by atoms with Crippen molar-refractivity contribution in [2.75, 3.05) is 0 Å². The number of halogens is 1. The van der Waals surface area contributed by atoms with Crippen LogP contribution in [0.1, 0.15) is 20.3 Å². The summed E-state index contributed by atoms with van der Waals surface area (Å²) in [6.45, 7) is 3.36. The maximum atomic E-state index is 10.7. The van der Waals surface area contributed by atoms with Gasteiger partial charge in [-0.2, -0.15) is 5.26 Å². The van der Waals surface area contributed by atoms with Crippen LogP contribution in [-0.2, 0) is 0 Å². The van der Waals surface area contributed by atoms with Crippen molar-refractivity contribution in [3.05, 3.63) is 32.8 Å². The second kappa shape index (κ2) is 5.99. The van der Waals surface area contributed by atoms with Crippen molar-refractivity contribution in [3.63, 3.8) is 0 Å². The minimum absolute atomic E-state index is 0.0545. The number of nitriles is 1. The van der Waals surface area contributed by atoms with Crippen LogP contribution in [0.5, 0.6) is 5.75 Å². The molecule has 0 saturated heterocycles. The molecule has 7 heteroatoms. The lowest BCUT2D eigenvalue weighted by molar-refractivity contribution is -0.385. The second-order valence-corrected chi connectivity index (χ2v) is 5.39. The quantitative estimate of drug-likeness (QED) is 0.661. The summed E-state index contributed by atoms with van der Waals surface area (Å²) in [6.07, 6.45) is -0.0218. The highest BCUT2D eigenvalue weighted by Crippen LogP contribution is 2.30. The highest BCUT2D eigenvalue weighted by atomic mass is 79.9. The summed E-state index contributed by atoms with van der Waals surface area (Å²) in [5.41, 5.74) is 4.68. The van der Waals surface area contributed by atoms with Crippen molar-refractivity contribution in [2.45, 2.75) is 31.9 Å². The van der Waals surface area contributed by atoms with Crippen LogP contribution in [-0.4, -0.2) is 16.6 Å². The van der Waals surface area contributed by atoms with Gasteiger partial charge in [-0.15, -0.1) is 0 Å². The van der Waals surface area contributed by atoms with Gasteiger partial charge in [-0.25, -0.2) is 0 Å². The van der Waals surface area contributed by atoms with E-state index in [9.17, 15) is 10.1 Å². The number of hydrogen-bond acceptors (Lipinski definition) is 5. The van der Waals surface area contributed by atoms with Gasteiger partial charge in [-0.3, -0.25) is 10.1 Å². The van der Waals surface area contributed by atoms with Crippen LogP contribution < -0.4 is 10.5 Å². The number of nitro benzene ring substituents is 1. The van der Waals surface area contributed by atoms with Crippen LogP contribution in [0.2, 0.25) is 0 Å². The largest absolute Gasteiger partial charge is 0.489 e. The van der Waals surface area contributed by atoms with E-state index in [1.807, 2.05) is 6.07 Å². The predicted octanol–water partition coefficient (Wildman–Crippen LogP) is 2.76. The van der Waals surface area contributed by atoms with Gasteiger partial charge in [0.2, 0.25) is 0 Å². The average Bonchev–Trinajstić information content (AvgIpc) is 2.31. The first-order valence-electron chi connectivity index (χ1n) is 5.56. The SMILES string of the molecule is CC(CC(C)(N)C#N)Oc1cc([N+](=O)[O-])ccc1Br. The minimum atomic E-state index is -0.993. The van der Waals surface area contributed by atoms with Crippen molar-refractivity contribution in [1.82, 2.24) is 0 Å². The lowest BCUT2D eigenvalue weighted by Gasteiger charge is -2.22. The third-order valence-electron chi connectivity index (χ3n) is 2.42. The standard InChI is InChI=1S/C12H14BrN3O3/c1-8(6-12(2,15)7-14)19-11-5-9(16(17)18)3-4-10(11)13/h3-5,8H,6,15H2,1-2H3. The van der Waals surface area contributed by atoms with E-state index < -0.39 is 10.5 Å². The average molecular weight is 328 g/mol. The molecule has 6 nitrogen and oxygen atoms in total. The Labute approximate surface area is 119 Å². The van der Waals surface area contributed by atoms with Gasteiger partial charge >= 0.3 is 0 Å². The Bertz CT molecular complexity index is 525. The third-order valence-corrected chi connectivity index (χ3v) is 3.08. The van der Waals surface area contributed by atoms with Gasteiger partial charge in [0.15, 0.2) is 0 Å². The Hall–Kier alpha value is -1.65. The molecule has 0 saturated carbocycles. The zero-order chi connectivity index (χ0) is 14.6. The van der Waals surface area contributed by atoms with Gasteiger partial charge in [0.25, 0.3) is 5.69 Å². The summed E-state index contributed by atoms with van der Waals surface area (Å²) < 4.78 is 6.20. The zero-order valence-electron chi connectivity index (χ0n) is 10.6. The summed E-state index contributed by atoms with van der Waals surface area (Å²) >= 11 is 3.26. The Morgan fingerprint density at radius 1 is 1.68 bits per heavy atom. The number of nitro groups is 1. The van der Waals surface area contributed by atoms with Crippen molar-refractivity contribution in [2.24, 2.45) is 5.73 Å². The fourth-order valence-electron chi connectivity index (χ4n) is 1.60. The van der Waals surface area contributed by atoms with Crippen LogP contribution in [0.15, 0.2) is 22.7 Å². The molecule has 1 aromatic rings. The van der Waals surface area contributed by atoms with Gasteiger partial charge in [-0.1, -0.05) is 0 Å². The summed E-state index contributed by atoms with van der Waals surface area (Å²) in [4.78, 5) is 10.2. The normalized spacial score (nSPS) is 15.1. The van der Waals surface area contributed by atoms with Crippen LogP contribution >= 0.6 is 15.9 Å². The lowest BCUT2D eigenvalue weighted by Crippen LogP contribution is -2.38. The Morgan fingerprint density at radius 2 is 2.32 bits per heavy atom. The maximum Gasteiger partial charge on any atom is 0.273 e. The van der Waals surface area contributed by atoms with Gasteiger partial charge in [-0.05, 0) is 35.8 Å². The number of non-ortho nitro benzene ring substituents is 1. The fourth-order valence-corrected chi connectivity index (χ4v) is 1.94. The molecule has 0 aliphatic rings. The van der Waals surface area contributed by atoms with E-state index in [1.54, 1.807) is 19.9 Å². The van der Waals surface area contributed by atoms with Gasteiger partial charge < -0.3 is 10.5 Å². The highest BCUT2D eigenvalue weighted by Gasteiger charge is 2.23. The van der Waals surface area contributed by atoms with E-state index in [1.165, 1.54) is 12.1 Å². The number of hydrogen-bond donors (Lipinski definition) is 1. The molecule has 2 atom stereocenters. The molecule has 0 aliphatic heterocycles. The lowest BCUT2D eigenvalue weighted by atomic mass is 9.98. The highest BCUT2D eigenvalue weighted by molar-refractivity contribution is 9.10. The molecule has 0 aromatic heterocycles. The van der Waals surface area contributed by atoms with Crippen molar-refractivity contribution < 1.29 is 9.66 Å². The van der Waals surface area contributed by atoms with Gasteiger partial charge in [0, 0.05) is 12.5 Å². The van der Waals surface area contributed by atoms with Crippen LogP contribution in [0.4, 0.5) is 5.69 Å². The molecule has 0 amide bonds. The molecule has 0 fully saturated rings. The van der Waals surface area contributed by atoms with E-state index >= 15 is 0 Å². The van der Waals surface area contributed by atoms with E-state index in [4.69, 9.17) is 15.7 Å². The molecular formula is C12H14BrN3O3. The van der Waals surface area contributed by atoms with Gasteiger partial charge in [0.05, 0.1) is 27.6 Å². The Balaban J connectivity index is 2.85. The Kier molecular flexibility index (Phi) is 4.86. The maximum absolute atomic E-state index is 10.7. The summed E-state index contributed by atoms with van der Waals surface area (Å²) in [5, 5.41) is 19.5. The van der Waals surface area contributed by atoms with E-state index in [2.05, 4.69) is 15.9 Å². The molecule has 0 aliphatic carbocycles. The summed E-state index contributed by atoms with van der Waals surface area (Å²) in [5.74, 6) is 0.357. The predicted molar refractivity (Wildman–Crippen MR) is 73.7 cm³/mol. The van der Waals surface area contributed by atoms with Crippen LogP contribution in [0.25, 0.3) is 0 Å². The minimum Gasteiger partial charge on any atom is -0.489 e. The molecule has 1 aromatic carbocycles. The van der Waals surface area contributed by atoms with Crippen molar-refractivity contribution >= 4 is 21.6 Å². The molecule has 0 heterocycles. The van der Waals surface area contributed by atoms with Crippen LogP contribution in [0.3, 0.4) is 0 Å². The van der Waals surface area contributed by atoms with E-state index in [0.29, 0.717) is 16.6 Å². The molecular weight excluding hydrogens is 314 g/mol. The molecule has 0 spiro atoms. The number of benzene rings is 1. The van der Waals surface area contributed by atoms with Crippen molar-refractivity contribution in [1.29, 1.82) is 5.26 Å². The van der Waals surface area contributed by atoms with E-state index in [-0.39, 0.29) is 11.8 Å². The monoisotopic (exact) mass is 327 g/mol. The van der Waals surface area contributed by atoms with Gasteiger partial charge in [0.1, 0.15) is 11.3 Å². The molecule has 1 rings (SSSR count). The first-order valence-corrected chi connectivity index (χ1v) is 6.35. The third kappa shape index (κ3) is 4.50. The second-order valence-electron chi connectivity index (χ2n) is 4.53. The smallest absolute Gasteiger partial charge is 0.273 e. The van der Waals surface area contributed by atoms with E-state index in [0.717, 1.165) is 0 Å². The molecule has 0 bridgehead atoms. The van der Waals surface area contributed by atoms with Crippen molar-refractivity contribution in [3.8, 4) is 11.8 Å². The molecule has 2 unspecified atom stereocenters. The first-order chi connectivity index (χ1) is 8.75. The number of ether oxygens (including phenoxy) is 1. The Morgan fingerprint density at radius 3 is 2.84 bits per heavy atom. The number of nitrogens with two attached hydrogens (primary N) is 1. The van der Waals surface area contributed by atoms with Crippen LogP contribution in [0, 0.1) is 21.4 Å². The molecule has 2 N–H and O–H groups in total. The zero-order valence-corrected chi connectivity index (χ0v) is 12.2. The molecule has 0 radical (unpaired) electrons.